The molecular weight excluding hydrogens is 396 g/mol. The van der Waals surface area contributed by atoms with Gasteiger partial charge in [0, 0.05) is 29.9 Å². The molecule has 3 rings (SSSR count). The summed E-state index contributed by atoms with van der Waals surface area (Å²) in [7, 11) is -3.09. The molecule has 2 aromatic heterocycles. The normalized spacial score (nSPS) is 19.2. The number of fused-ring (bicyclic) bond motifs is 1. The number of carbonyl (C=O) groups is 2. The van der Waals surface area contributed by atoms with Crippen molar-refractivity contribution >= 4 is 27.4 Å². The lowest BCUT2D eigenvalue weighted by molar-refractivity contribution is -0.155. The summed E-state index contributed by atoms with van der Waals surface area (Å²) in [5.41, 5.74) is 4.30. The van der Waals surface area contributed by atoms with Gasteiger partial charge in [-0.2, -0.15) is 5.10 Å². The summed E-state index contributed by atoms with van der Waals surface area (Å²) >= 11 is 0. The molecule has 1 fully saturated rings. The second kappa shape index (κ2) is 8.10. The zero-order valence-electron chi connectivity index (χ0n) is 17.1. The van der Waals surface area contributed by atoms with Gasteiger partial charge in [-0.3, -0.25) is 9.59 Å². The molecule has 1 amide bonds. The highest BCUT2D eigenvalue weighted by Crippen LogP contribution is 2.17. The zero-order chi connectivity index (χ0) is 21.3. The van der Waals surface area contributed by atoms with Crippen LogP contribution in [-0.2, 0) is 30.6 Å². The van der Waals surface area contributed by atoms with Crippen molar-refractivity contribution in [1.82, 2.24) is 19.9 Å². The van der Waals surface area contributed by atoms with Crippen molar-refractivity contribution in [1.29, 1.82) is 0 Å². The second-order valence-electron chi connectivity index (χ2n) is 7.56. The molecule has 9 nitrogen and oxygen atoms in total. The highest BCUT2D eigenvalue weighted by atomic mass is 32.2. The first-order valence-corrected chi connectivity index (χ1v) is 11.4. The van der Waals surface area contributed by atoms with Crippen molar-refractivity contribution in [3.63, 3.8) is 0 Å². The largest absolute Gasteiger partial charge is 0.453 e. The summed E-state index contributed by atoms with van der Waals surface area (Å²) in [5.74, 6) is -0.982. The fourth-order valence-electron chi connectivity index (χ4n) is 3.57. The van der Waals surface area contributed by atoms with Gasteiger partial charge in [0.25, 0.3) is 5.91 Å². The Bertz CT molecular complexity index is 1060. The van der Waals surface area contributed by atoms with Crippen LogP contribution < -0.4 is 5.32 Å². The van der Waals surface area contributed by atoms with Crippen molar-refractivity contribution < 1.29 is 22.7 Å². The summed E-state index contributed by atoms with van der Waals surface area (Å²) in [4.78, 5) is 28.9. The van der Waals surface area contributed by atoms with Crippen molar-refractivity contribution in [2.45, 2.75) is 59.1 Å². The molecule has 0 unspecified atom stereocenters. The first-order chi connectivity index (χ1) is 13.6. The lowest BCUT2D eigenvalue weighted by Gasteiger charge is -2.17. The van der Waals surface area contributed by atoms with E-state index in [4.69, 9.17) is 4.74 Å². The van der Waals surface area contributed by atoms with E-state index in [0.29, 0.717) is 12.8 Å². The van der Waals surface area contributed by atoms with Crippen molar-refractivity contribution in [3.8, 4) is 0 Å². The minimum absolute atomic E-state index is 0.0684. The average molecular weight is 423 g/mol. The Kier molecular flexibility index (Phi) is 5.92. The van der Waals surface area contributed by atoms with Gasteiger partial charge in [-0.1, -0.05) is 0 Å². The number of rotatable bonds is 6. The van der Waals surface area contributed by atoms with Crippen molar-refractivity contribution in [2.24, 2.45) is 0 Å². The summed E-state index contributed by atoms with van der Waals surface area (Å²) in [6, 6.07) is 1.47. The van der Waals surface area contributed by atoms with Crippen LogP contribution in [0.4, 0.5) is 0 Å². The number of sulfone groups is 1. The minimum atomic E-state index is -3.09. The Labute approximate surface area is 169 Å². The smallest absolute Gasteiger partial charge is 0.306 e. The Balaban J connectivity index is 1.56. The molecule has 0 aromatic carbocycles. The van der Waals surface area contributed by atoms with Crippen LogP contribution >= 0.6 is 0 Å². The third-order valence-electron chi connectivity index (χ3n) is 5.12. The van der Waals surface area contributed by atoms with Gasteiger partial charge in [0.1, 0.15) is 0 Å². The standard InChI is InChI=1S/C19H26N4O5S/c1-11-9-17-20-12(2)16(13(3)23(17)22-11)5-6-18(24)28-14(4)19(25)21-15-7-8-29(26,27)10-15/h9,14-15H,5-8,10H2,1-4H3,(H,21,25)/t14-,15+/m0/s1. The van der Waals surface area contributed by atoms with Crippen molar-refractivity contribution in [2.75, 3.05) is 11.5 Å². The third-order valence-corrected chi connectivity index (χ3v) is 6.89. The molecule has 2 aromatic rings. The topological polar surface area (TPSA) is 120 Å². The summed E-state index contributed by atoms with van der Waals surface area (Å²) in [6.07, 6.45) is -0.0734. The van der Waals surface area contributed by atoms with Crippen LogP contribution in [0.25, 0.3) is 5.65 Å². The fourth-order valence-corrected chi connectivity index (χ4v) is 5.24. The van der Waals surface area contributed by atoms with E-state index in [1.54, 1.807) is 4.52 Å². The molecule has 0 bridgehead atoms. The number of ether oxygens (including phenoxy) is 1. The van der Waals surface area contributed by atoms with E-state index in [-0.39, 0.29) is 17.9 Å². The van der Waals surface area contributed by atoms with E-state index in [9.17, 15) is 18.0 Å². The summed E-state index contributed by atoms with van der Waals surface area (Å²) in [6.45, 7) is 7.20. The molecule has 0 radical (unpaired) electrons. The van der Waals surface area contributed by atoms with Crippen LogP contribution in [0.2, 0.25) is 0 Å². The van der Waals surface area contributed by atoms with Crippen LogP contribution in [-0.4, -0.2) is 58.5 Å². The van der Waals surface area contributed by atoms with Gasteiger partial charge in [0.15, 0.2) is 21.6 Å². The molecular formula is C19H26N4O5S. The van der Waals surface area contributed by atoms with Crippen LogP contribution in [0, 0.1) is 20.8 Å². The quantitative estimate of drug-likeness (QED) is 0.685. The first-order valence-electron chi connectivity index (χ1n) is 9.58. The van der Waals surface area contributed by atoms with Gasteiger partial charge < -0.3 is 10.1 Å². The highest BCUT2D eigenvalue weighted by molar-refractivity contribution is 7.91. The minimum Gasteiger partial charge on any atom is -0.453 e. The lowest BCUT2D eigenvalue weighted by Crippen LogP contribution is -2.42. The predicted molar refractivity (Wildman–Crippen MR) is 106 cm³/mol. The molecule has 1 N–H and O–H groups in total. The summed E-state index contributed by atoms with van der Waals surface area (Å²) in [5, 5.41) is 7.05. The first kappa shape index (κ1) is 21.2. The number of hydrogen-bond acceptors (Lipinski definition) is 7. The van der Waals surface area contributed by atoms with Crippen LogP contribution in [0.15, 0.2) is 6.07 Å². The predicted octanol–water partition coefficient (Wildman–Crippen LogP) is 0.822. The number of amides is 1. The van der Waals surface area contributed by atoms with E-state index in [1.807, 2.05) is 26.8 Å². The van der Waals surface area contributed by atoms with E-state index in [0.717, 1.165) is 28.3 Å². The van der Waals surface area contributed by atoms with Crippen molar-refractivity contribution in [3.05, 3.63) is 28.7 Å². The Morgan fingerprint density at radius 3 is 2.72 bits per heavy atom. The average Bonchev–Trinajstić information content (AvgIpc) is 3.15. The van der Waals surface area contributed by atoms with Crippen LogP contribution in [0.3, 0.4) is 0 Å². The van der Waals surface area contributed by atoms with E-state index in [1.165, 1.54) is 6.92 Å². The molecule has 1 saturated heterocycles. The monoisotopic (exact) mass is 422 g/mol. The molecule has 10 heteroatoms. The highest BCUT2D eigenvalue weighted by Gasteiger charge is 2.30. The van der Waals surface area contributed by atoms with Gasteiger partial charge in [0.2, 0.25) is 0 Å². The molecule has 3 heterocycles. The number of carbonyl (C=O) groups excluding carboxylic acids is 2. The molecule has 158 valence electrons. The molecule has 0 saturated carbocycles. The van der Waals surface area contributed by atoms with E-state index >= 15 is 0 Å². The number of esters is 1. The Hall–Kier alpha value is -2.49. The SMILES string of the molecule is Cc1cc2nc(C)c(CCC(=O)O[C@@H](C)C(=O)N[C@@H]3CCS(=O)(=O)C3)c(C)n2n1. The van der Waals surface area contributed by atoms with Gasteiger partial charge in [-0.15, -0.1) is 0 Å². The maximum absolute atomic E-state index is 12.2. The molecule has 2 atom stereocenters. The second-order valence-corrected chi connectivity index (χ2v) is 9.79. The number of aryl methyl sites for hydroxylation is 3. The Morgan fingerprint density at radius 1 is 1.34 bits per heavy atom. The molecule has 0 aliphatic carbocycles. The molecule has 1 aliphatic heterocycles. The fraction of sp³-hybridized carbons (Fsp3) is 0.579. The molecule has 1 aliphatic rings. The lowest BCUT2D eigenvalue weighted by atomic mass is 10.1. The maximum atomic E-state index is 12.2. The van der Waals surface area contributed by atoms with Crippen LogP contribution in [0.5, 0.6) is 0 Å². The number of nitrogens with one attached hydrogen (secondary N) is 1. The van der Waals surface area contributed by atoms with E-state index in [2.05, 4.69) is 15.4 Å². The molecule has 0 spiro atoms. The number of aromatic nitrogens is 3. The number of hydrogen-bond donors (Lipinski definition) is 1. The summed E-state index contributed by atoms with van der Waals surface area (Å²) < 4.78 is 29.9. The van der Waals surface area contributed by atoms with Gasteiger partial charge in [0.05, 0.1) is 17.2 Å². The Morgan fingerprint density at radius 2 is 2.07 bits per heavy atom. The van der Waals surface area contributed by atoms with Gasteiger partial charge in [-0.05, 0) is 46.1 Å². The number of nitrogens with zero attached hydrogens (tertiary/aromatic N) is 3. The maximum Gasteiger partial charge on any atom is 0.306 e. The zero-order valence-corrected chi connectivity index (χ0v) is 17.9. The third kappa shape index (κ3) is 4.92. The van der Waals surface area contributed by atoms with Gasteiger partial charge in [-0.25, -0.2) is 17.9 Å². The molecule has 29 heavy (non-hydrogen) atoms. The van der Waals surface area contributed by atoms with E-state index < -0.39 is 33.9 Å². The van der Waals surface area contributed by atoms with Gasteiger partial charge >= 0.3 is 5.97 Å². The van der Waals surface area contributed by atoms with Crippen LogP contribution in [0.1, 0.15) is 42.4 Å².